The van der Waals surface area contributed by atoms with Gasteiger partial charge in [-0.15, -0.1) is 23.4 Å². The number of nitrogens with zero attached hydrogens (tertiary/aromatic N) is 1. The minimum atomic E-state index is -6.17. The number of esters is 1. The van der Waals surface area contributed by atoms with Crippen LogP contribution < -0.4 is 5.32 Å². The number of carbonyl (C=O) groups is 3. The molecule has 0 aromatic heterocycles. The summed E-state index contributed by atoms with van der Waals surface area (Å²) in [5.41, 5.74) is -5.59. The fourth-order valence-electron chi connectivity index (χ4n) is 3.78. The van der Waals surface area contributed by atoms with Crippen LogP contribution in [-0.2, 0) is 33.4 Å². The molecule has 2 heterocycles. The average molecular weight is 591 g/mol. The lowest BCUT2D eigenvalue weighted by Gasteiger charge is -2.49. The van der Waals surface area contributed by atoms with Gasteiger partial charge < -0.3 is 14.2 Å². The van der Waals surface area contributed by atoms with E-state index in [9.17, 15) is 36.0 Å². The number of benzene rings is 2. The molecule has 4 rings (SSSR count). The zero-order valence-electron chi connectivity index (χ0n) is 19.1. The van der Waals surface area contributed by atoms with E-state index in [1.54, 1.807) is 60.7 Å². The predicted molar refractivity (Wildman–Crippen MR) is 130 cm³/mol. The van der Waals surface area contributed by atoms with E-state index in [1.165, 1.54) is 0 Å². The Balaban J connectivity index is 1.73. The van der Waals surface area contributed by atoms with Crippen molar-refractivity contribution in [1.82, 2.24) is 10.2 Å². The van der Waals surface area contributed by atoms with Crippen molar-refractivity contribution in [2.24, 2.45) is 0 Å². The summed E-state index contributed by atoms with van der Waals surface area (Å²) in [7, 11) is -6.17. The van der Waals surface area contributed by atoms with Gasteiger partial charge in [0.05, 0.1) is 5.75 Å². The van der Waals surface area contributed by atoms with Crippen LogP contribution >= 0.6 is 23.4 Å². The second-order valence-electron chi connectivity index (χ2n) is 7.95. The summed E-state index contributed by atoms with van der Waals surface area (Å²) in [4.78, 5) is 38.8. The number of ether oxygens (including phenoxy) is 1. The maximum absolute atomic E-state index is 13.5. The first kappa shape index (κ1) is 27.8. The maximum Gasteiger partial charge on any atom is 0.534 e. The van der Waals surface area contributed by atoms with Gasteiger partial charge in [-0.3, -0.25) is 14.5 Å². The van der Waals surface area contributed by atoms with Crippen molar-refractivity contribution in [2.45, 2.75) is 23.0 Å². The quantitative estimate of drug-likeness (QED) is 0.164. The second-order valence-corrected chi connectivity index (χ2v) is 10.9. The van der Waals surface area contributed by atoms with E-state index >= 15 is 0 Å². The number of hydrogen-bond acceptors (Lipinski definition) is 8. The van der Waals surface area contributed by atoms with Gasteiger partial charge in [0.25, 0.3) is 5.91 Å². The number of fused-ring (bicyclic) bond motifs is 1. The van der Waals surface area contributed by atoms with Gasteiger partial charge in [0.1, 0.15) is 17.3 Å². The number of amides is 2. The normalized spacial score (nSPS) is 19.5. The summed E-state index contributed by atoms with van der Waals surface area (Å²) >= 11 is 6.27. The summed E-state index contributed by atoms with van der Waals surface area (Å²) in [6.45, 7) is 0. The molecule has 38 heavy (non-hydrogen) atoms. The lowest BCUT2D eigenvalue weighted by atomic mass is 10.0. The van der Waals surface area contributed by atoms with Gasteiger partial charge in [0.2, 0.25) is 5.91 Å². The third-order valence-corrected chi connectivity index (χ3v) is 7.97. The lowest BCUT2D eigenvalue weighted by Crippen LogP contribution is -2.70. The number of thioether (sulfide) groups is 1. The lowest BCUT2D eigenvalue weighted by molar-refractivity contribution is -0.155. The van der Waals surface area contributed by atoms with Crippen molar-refractivity contribution in [1.29, 1.82) is 0 Å². The highest BCUT2D eigenvalue weighted by atomic mass is 35.5. The zero-order chi connectivity index (χ0) is 27.7. The Kier molecular flexibility index (Phi) is 7.95. The zero-order valence-corrected chi connectivity index (χ0v) is 21.4. The molecule has 2 aliphatic heterocycles. The van der Waals surface area contributed by atoms with Gasteiger partial charge in [-0.2, -0.15) is 21.6 Å². The van der Waals surface area contributed by atoms with Crippen molar-refractivity contribution in [3.8, 4) is 0 Å². The third-order valence-electron chi connectivity index (χ3n) is 5.49. The Morgan fingerprint density at radius 3 is 2.13 bits per heavy atom. The Hall–Kier alpha value is -3.23. The molecule has 202 valence electrons. The highest BCUT2D eigenvalue weighted by Gasteiger charge is 2.57. The number of rotatable bonds is 8. The Morgan fingerprint density at radius 1 is 1.08 bits per heavy atom. The van der Waals surface area contributed by atoms with Crippen molar-refractivity contribution in [3.63, 3.8) is 0 Å². The van der Waals surface area contributed by atoms with Crippen molar-refractivity contribution in [2.75, 3.05) is 11.6 Å². The fraction of sp³-hybridized carbons (Fsp3) is 0.261. The Morgan fingerprint density at radius 2 is 1.63 bits per heavy atom. The number of nitrogens with one attached hydrogen (secondary N) is 1. The van der Waals surface area contributed by atoms with Crippen LogP contribution in [0, 0.1) is 0 Å². The van der Waals surface area contributed by atoms with Crippen LogP contribution in [0.1, 0.15) is 17.2 Å². The summed E-state index contributed by atoms with van der Waals surface area (Å²) in [5.74, 6) is -4.79. The van der Waals surface area contributed by atoms with E-state index in [0.717, 1.165) is 16.7 Å². The summed E-state index contributed by atoms with van der Waals surface area (Å²) in [6.07, 6.45) is -1.06. The Bertz CT molecular complexity index is 1330. The fourth-order valence-corrected chi connectivity index (χ4v) is 5.69. The van der Waals surface area contributed by atoms with Crippen LogP contribution in [0.4, 0.5) is 13.2 Å². The van der Waals surface area contributed by atoms with Crippen molar-refractivity contribution >= 4 is 51.3 Å². The van der Waals surface area contributed by atoms with Crippen molar-refractivity contribution < 1.29 is 44.9 Å². The Labute approximate surface area is 224 Å². The molecule has 1 N–H and O–H groups in total. The highest BCUT2D eigenvalue weighted by Crippen LogP contribution is 2.43. The molecule has 0 radical (unpaired) electrons. The minimum absolute atomic E-state index is 0.458. The molecule has 2 amide bonds. The van der Waals surface area contributed by atoms with E-state index in [2.05, 4.69) is 9.50 Å². The van der Waals surface area contributed by atoms with E-state index < -0.39 is 74.0 Å². The van der Waals surface area contributed by atoms with Gasteiger partial charge in [0, 0.05) is 0 Å². The molecule has 0 bridgehead atoms. The summed E-state index contributed by atoms with van der Waals surface area (Å²) < 4.78 is 72.8. The third kappa shape index (κ3) is 5.47. The number of halogens is 4. The maximum atomic E-state index is 13.5. The molecular formula is C23H18ClF3N2O7S2. The van der Waals surface area contributed by atoms with Crippen LogP contribution in [-0.4, -0.2) is 59.7 Å². The standard InChI is InChI=1S/C23H18ClF3N2O7S2/c24-11-16(30)28-17-20(31)29-18(15(12-37-21(17)29)36-38(33,34)23(25,26)27)22(32)35-19(13-7-3-1-4-8-13)14-9-5-2-6-10-14/h1-10,17,19,21H,11-12H2,(H,28,30)/t17?,21-/m1/s1. The molecule has 2 aliphatic rings. The van der Waals surface area contributed by atoms with Gasteiger partial charge >= 0.3 is 21.6 Å². The highest BCUT2D eigenvalue weighted by molar-refractivity contribution is 8.00. The predicted octanol–water partition coefficient (Wildman–Crippen LogP) is 3.04. The van der Waals surface area contributed by atoms with Gasteiger partial charge in [-0.25, -0.2) is 4.79 Å². The first-order valence-corrected chi connectivity index (χ1v) is 13.8. The van der Waals surface area contributed by atoms with Crippen LogP contribution in [0.15, 0.2) is 72.1 Å². The molecule has 2 aromatic rings. The number of alkyl halides is 4. The molecule has 15 heteroatoms. The molecule has 1 saturated heterocycles. The van der Waals surface area contributed by atoms with E-state index in [-0.39, 0.29) is 0 Å². The summed E-state index contributed by atoms with van der Waals surface area (Å²) in [5, 5.41) is 1.42. The van der Waals surface area contributed by atoms with E-state index in [4.69, 9.17) is 16.3 Å². The molecule has 1 unspecified atom stereocenters. The largest absolute Gasteiger partial charge is 0.534 e. The second kappa shape index (κ2) is 10.9. The first-order chi connectivity index (χ1) is 17.9. The van der Waals surface area contributed by atoms with Crippen LogP contribution in [0.5, 0.6) is 0 Å². The van der Waals surface area contributed by atoms with Gasteiger partial charge in [0.15, 0.2) is 17.6 Å². The van der Waals surface area contributed by atoms with Crippen molar-refractivity contribution in [3.05, 3.63) is 83.2 Å². The van der Waals surface area contributed by atoms with Crippen LogP contribution in [0.25, 0.3) is 0 Å². The van der Waals surface area contributed by atoms with Crippen LogP contribution in [0.2, 0.25) is 0 Å². The molecule has 0 saturated carbocycles. The molecule has 2 aromatic carbocycles. The first-order valence-electron chi connectivity index (χ1n) is 10.8. The van der Waals surface area contributed by atoms with Gasteiger partial charge in [-0.1, -0.05) is 60.7 Å². The molecule has 2 atom stereocenters. The molecule has 1 fully saturated rings. The average Bonchev–Trinajstić information content (AvgIpc) is 2.89. The molecular weight excluding hydrogens is 573 g/mol. The van der Waals surface area contributed by atoms with E-state index in [0.29, 0.717) is 11.1 Å². The smallest absolute Gasteiger partial charge is 0.448 e. The topological polar surface area (TPSA) is 119 Å². The molecule has 9 nitrogen and oxygen atoms in total. The molecule has 0 spiro atoms. The number of hydrogen-bond donors (Lipinski definition) is 1. The van der Waals surface area contributed by atoms with Crippen LogP contribution in [0.3, 0.4) is 0 Å². The number of carbonyl (C=O) groups excluding carboxylic acids is 3. The summed E-state index contributed by atoms with van der Waals surface area (Å²) in [6, 6.07) is 15.6. The van der Waals surface area contributed by atoms with E-state index in [1.807, 2.05) is 0 Å². The monoisotopic (exact) mass is 590 g/mol. The minimum Gasteiger partial charge on any atom is -0.448 e. The van der Waals surface area contributed by atoms with Gasteiger partial charge in [-0.05, 0) is 11.1 Å². The SMILES string of the molecule is O=C(CCl)NC1C(=O)N2C(C(=O)OC(c3ccccc3)c3ccccc3)=C(OS(=O)(=O)C(F)(F)F)CS[C@H]12. The number of β-lactam (4-membered cyclic amide) rings is 1. The molecule has 0 aliphatic carbocycles.